The highest BCUT2D eigenvalue weighted by atomic mass is 32.1. The summed E-state index contributed by atoms with van der Waals surface area (Å²) in [5.41, 5.74) is 1.41. The fraction of sp³-hybridized carbons (Fsp3) is 0.292. The molecule has 36 heavy (non-hydrogen) atoms. The summed E-state index contributed by atoms with van der Waals surface area (Å²) < 4.78 is 10.9. The molecule has 0 spiro atoms. The number of nitrogens with one attached hydrogen (secondary N) is 4. The van der Waals surface area contributed by atoms with Gasteiger partial charge >= 0.3 is 12.2 Å². The molecule has 1 aromatic heterocycles. The zero-order chi connectivity index (χ0) is 26.1. The average molecular weight is 530 g/mol. The molecule has 1 heterocycles. The Morgan fingerprint density at radius 3 is 2.31 bits per heavy atom. The number of amides is 3. The summed E-state index contributed by atoms with van der Waals surface area (Å²) >= 11 is 6.09. The Balaban J connectivity index is 1.62. The van der Waals surface area contributed by atoms with Gasteiger partial charge in [0, 0.05) is 12.1 Å². The van der Waals surface area contributed by atoms with Crippen molar-refractivity contribution in [2.75, 3.05) is 10.6 Å². The zero-order valence-electron chi connectivity index (χ0n) is 20.0. The van der Waals surface area contributed by atoms with Crippen LogP contribution in [0.25, 0.3) is 0 Å². The molecule has 0 radical (unpaired) electrons. The standard InChI is InChI=1S/C24H27N5O5S2/c1-24(2,3)34-22(32)26-18(19(30)27-20-28-29-23(35)36-20)13-15-9-11-17(12-10-15)25-21(31)33-14-16-7-5-4-6-8-16/h4-12,18H,13-14H2,1-3H3,(H,25,31)(H,26,32)(H,29,35)(H,27,28,30)/t18-/m0/s1. The Kier molecular flexibility index (Phi) is 9.14. The molecule has 0 saturated carbocycles. The van der Waals surface area contributed by atoms with Crippen LogP contribution in [-0.4, -0.2) is 39.9 Å². The van der Waals surface area contributed by atoms with Gasteiger partial charge in [-0.05, 0) is 56.2 Å². The number of anilines is 2. The van der Waals surface area contributed by atoms with Crippen molar-refractivity contribution in [1.29, 1.82) is 0 Å². The molecular weight excluding hydrogens is 502 g/mol. The summed E-state index contributed by atoms with van der Waals surface area (Å²) in [5.74, 6) is -0.481. The number of rotatable bonds is 8. The summed E-state index contributed by atoms with van der Waals surface area (Å²) in [6.45, 7) is 5.35. The van der Waals surface area contributed by atoms with E-state index in [9.17, 15) is 14.4 Å². The second-order valence-electron chi connectivity index (χ2n) is 8.69. The van der Waals surface area contributed by atoms with Gasteiger partial charge in [-0.3, -0.25) is 20.5 Å². The van der Waals surface area contributed by atoms with E-state index in [0.29, 0.717) is 9.64 Å². The molecule has 10 nitrogen and oxygen atoms in total. The number of carbonyl (C=O) groups is 3. The third kappa shape index (κ3) is 9.12. The first kappa shape index (κ1) is 26.8. The van der Waals surface area contributed by atoms with Crippen LogP contribution in [0.5, 0.6) is 0 Å². The van der Waals surface area contributed by atoms with Gasteiger partial charge in [0.25, 0.3) is 0 Å². The highest BCUT2D eigenvalue weighted by Gasteiger charge is 2.25. The minimum Gasteiger partial charge on any atom is -0.444 e. The summed E-state index contributed by atoms with van der Waals surface area (Å²) in [6, 6.07) is 15.2. The van der Waals surface area contributed by atoms with Crippen LogP contribution in [0.1, 0.15) is 31.9 Å². The van der Waals surface area contributed by atoms with Crippen LogP contribution in [0.4, 0.5) is 20.4 Å². The lowest BCUT2D eigenvalue weighted by atomic mass is 10.0. The number of carbonyl (C=O) groups excluding carboxylic acids is 3. The van der Waals surface area contributed by atoms with Crippen molar-refractivity contribution >= 4 is 52.5 Å². The number of benzene rings is 2. The molecule has 0 unspecified atom stereocenters. The third-order valence-corrected chi connectivity index (χ3v) is 5.53. The van der Waals surface area contributed by atoms with E-state index in [1.165, 1.54) is 0 Å². The van der Waals surface area contributed by atoms with Gasteiger partial charge in [0.1, 0.15) is 18.2 Å². The Labute approximate surface area is 217 Å². The van der Waals surface area contributed by atoms with Crippen LogP contribution >= 0.6 is 23.6 Å². The van der Waals surface area contributed by atoms with Gasteiger partial charge in [0.2, 0.25) is 11.0 Å². The van der Waals surface area contributed by atoms with Crippen LogP contribution < -0.4 is 16.0 Å². The second-order valence-corrected chi connectivity index (χ2v) is 10.4. The first-order valence-electron chi connectivity index (χ1n) is 11.0. The van der Waals surface area contributed by atoms with Crippen LogP contribution in [0.15, 0.2) is 54.6 Å². The molecule has 2 aromatic carbocycles. The van der Waals surface area contributed by atoms with Gasteiger partial charge in [-0.25, -0.2) is 9.59 Å². The zero-order valence-corrected chi connectivity index (χ0v) is 21.6. The second kappa shape index (κ2) is 12.3. The molecule has 0 fully saturated rings. The first-order valence-corrected chi connectivity index (χ1v) is 12.2. The van der Waals surface area contributed by atoms with Crippen LogP contribution in [0.3, 0.4) is 0 Å². The Hall–Kier alpha value is -3.77. The van der Waals surface area contributed by atoms with Crippen molar-refractivity contribution in [1.82, 2.24) is 15.5 Å². The minimum atomic E-state index is -0.952. The lowest BCUT2D eigenvalue weighted by molar-refractivity contribution is -0.118. The van der Waals surface area contributed by atoms with Gasteiger partial charge in [0.15, 0.2) is 3.95 Å². The number of ether oxygens (including phenoxy) is 2. The molecule has 0 saturated heterocycles. The van der Waals surface area contributed by atoms with Crippen molar-refractivity contribution in [2.45, 2.75) is 45.4 Å². The fourth-order valence-corrected chi connectivity index (χ4v) is 3.76. The average Bonchev–Trinajstić information content (AvgIpc) is 3.22. The normalized spacial score (nSPS) is 11.8. The van der Waals surface area contributed by atoms with Gasteiger partial charge in [-0.15, -0.1) is 5.10 Å². The molecule has 0 aliphatic heterocycles. The molecule has 3 aromatic rings. The van der Waals surface area contributed by atoms with E-state index in [4.69, 9.17) is 21.7 Å². The van der Waals surface area contributed by atoms with E-state index in [1.54, 1.807) is 45.0 Å². The lowest BCUT2D eigenvalue weighted by Gasteiger charge is -2.23. The highest BCUT2D eigenvalue weighted by Crippen LogP contribution is 2.16. The minimum absolute atomic E-state index is 0.154. The number of aromatic nitrogens is 2. The molecule has 0 aliphatic carbocycles. The summed E-state index contributed by atoms with van der Waals surface area (Å²) in [7, 11) is 0. The first-order chi connectivity index (χ1) is 17.1. The summed E-state index contributed by atoms with van der Waals surface area (Å²) in [5, 5.41) is 14.7. The maximum absolute atomic E-state index is 12.9. The molecule has 3 rings (SSSR count). The molecule has 3 amide bonds. The number of nitrogens with zero attached hydrogens (tertiary/aromatic N) is 1. The topological polar surface area (TPSA) is 134 Å². The van der Waals surface area contributed by atoms with Gasteiger partial charge in [0.05, 0.1) is 0 Å². The van der Waals surface area contributed by atoms with Gasteiger partial charge < -0.3 is 14.8 Å². The van der Waals surface area contributed by atoms with Crippen LogP contribution in [0.2, 0.25) is 0 Å². The summed E-state index contributed by atoms with van der Waals surface area (Å²) in [6.07, 6.45) is -1.15. The lowest BCUT2D eigenvalue weighted by Crippen LogP contribution is -2.47. The number of hydrogen-bond donors (Lipinski definition) is 4. The number of hydrogen-bond acceptors (Lipinski definition) is 8. The molecule has 190 valence electrons. The maximum Gasteiger partial charge on any atom is 0.411 e. The quantitative estimate of drug-likeness (QED) is 0.301. The number of H-pyrrole nitrogens is 1. The molecule has 0 bridgehead atoms. The highest BCUT2D eigenvalue weighted by molar-refractivity contribution is 7.73. The van der Waals surface area contributed by atoms with Crippen molar-refractivity contribution in [3.8, 4) is 0 Å². The van der Waals surface area contributed by atoms with Crippen LogP contribution in [0, 0.1) is 3.95 Å². The monoisotopic (exact) mass is 529 g/mol. The van der Waals surface area contributed by atoms with Crippen molar-refractivity contribution in [3.05, 3.63) is 69.7 Å². The molecule has 12 heteroatoms. The Morgan fingerprint density at radius 1 is 1.00 bits per heavy atom. The van der Waals surface area contributed by atoms with Crippen molar-refractivity contribution in [2.24, 2.45) is 0 Å². The predicted octanol–water partition coefficient (Wildman–Crippen LogP) is 5.02. The maximum atomic E-state index is 12.9. The van der Waals surface area contributed by atoms with E-state index in [2.05, 4.69) is 26.1 Å². The smallest absolute Gasteiger partial charge is 0.411 e. The van der Waals surface area contributed by atoms with Gasteiger partial charge in [-0.1, -0.05) is 53.8 Å². The Morgan fingerprint density at radius 2 is 1.69 bits per heavy atom. The fourth-order valence-electron chi connectivity index (χ4n) is 2.97. The van der Waals surface area contributed by atoms with Crippen molar-refractivity contribution in [3.63, 3.8) is 0 Å². The SMILES string of the molecule is CC(C)(C)OC(=O)N[C@@H](Cc1ccc(NC(=O)OCc2ccccc2)cc1)C(=O)Nc1n[nH]c(=S)s1. The largest absolute Gasteiger partial charge is 0.444 e. The molecule has 1 atom stereocenters. The molecule has 0 aliphatic rings. The van der Waals surface area contributed by atoms with E-state index in [1.807, 2.05) is 30.3 Å². The molecular formula is C24H27N5O5S2. The molecule has 4 N–H and O–H groups in total. The number of aromatic amines is 1. The Bertz CT molecular complexity index is 1240. The predicted molar refractivity (Wildman–Crippen MR) is 139 cm³/mol. The van der Waals surface area contributed by atoms with E-state index in [-0.39, 0.29) is 18.2 Å². The van der Waals surface area contributed by atoms with Crippen molar-refractivity contribution < 1.29 is 23.9 Å². The number of alkyl carbamates (subject to hydrolysis) is 1. The van der Waals surface area contributed by atoms with E-state index < -0.39 is 29.7 Å². The summed E-state index contributed by atoms with van der Waals surface area (Å²) in [4.78, 5) is 37.3. The third-order valence-electron chi connectivity index (χ3n) is 4.53. The van der Waals surface area contributed by atoms with Crippen LogP contribution in [-0.2, 0) is 27.3 Å². The van der Waals surface area contributed by atoms with E-state index in [0.717, 1.165) is 22.5 Å². The van der Waals surface area contributed by atoms with E-state index >= 15 is 0 Å². The van der Waals surface area contributed by atoms with Gasteiger partial charge in [-0.2, -0.15) is 0 Å².